The Bertz CT molecular complexity index is 914. The number of rotatable bonds is 16. The SMILES string of the molecule is OCCCCc1ccccc1.OCCCCc1ccccc1.OCCCCc1ccccc1.OCCCCc1ccccc1.[Ti]. The summed E-state index contributed by atoms with van der Waals surface area (Å²) < 4.78 is 0. The van der Waals surface area contributed by atoms with Crippen LogP contribution in [0.5, 0.6) is 0 Å². The van der Waals surface area contributed by atoms with Crippen LogP contribution in [0, 0.1) is 0 Å². The minimum Gasteiger partial charge on any atom is -0.396 e. The van der Waals surface area contributed by atoms with Crippen LogP contribution in [0.25, 0.3) is 0 Å². The molecule has 0 aliphatic heterocycles. The molecule has 4 rings (SSSR count). The van der Waals surface area contributed by atoms with Gasteiger partial charge in [-0.05, 0) is 99.3 Å². The van der Waals surface area contributed by atoms with E-state index in [-0.39, 0.29) is 21.7 Å². The first-order chi connectivity index (χ1) is 21.7. The number of aryl methyl sites for hydroxylation is 4. The van der Waals surface area contributed by atoms with Gasteiger partial charge in [0, 0.05) is 48.1 Å². The van der Waals surface area contributed by atoms with Gasteiger partial charge in [0.1, 0.15) is 0 Å². The fraction of sp³-hybridized carbons (Fsp3) is 0.400. The summed E-state index contributed by atoms with van der Waals surface area (Å²) in [6.07, 6.45) is 12.3. The quantitative estimate of drug-likeness (QED) is 0.0733. The number of unbranched alkanes of at least 4 members (excludes halogenated alkanes) is 4. The van der Waals surface area contributed by atoms with Crippen LogP contribution >= 0.6 is 0 Å². The Morgan fingerprint density at radius 1 is 0.267 bits per heavy atom. The Hall–Kier alpha value is -2.57. The molecule has 4 N–H and O–H groups in total. The molecular weight excluding hydrogens is 592 g/mol. The zero-order valence-electron chi connectivity index (χ0n) is 27.1. The third kappa shape index (κ3) is 26.4. The summed E-state index contributed by atoms with van der Waals surface area (Å²) >= 11 is 0. The molecule has 4 aromatic rings. The summed E-state index contributed by atoms with van der Waals surface area (Å²) in [6, 6.07) is 41.5. The first-order valence-electron chi connectivity index (χ1n) is 16.3. The Morgan fingerprint density at radius 3 is 0.600 bits per heavy atom. The molecule has 0 bridgehead atoms. The molecule has 5 heteroatoms. The van der Waals surface area contributed by atoms with E-state index < -0.39 is 0 Å². The van der Waals surface area contributed by atoms with Gasteiger partial charge in [0.05, 0.1) is 0 Å². The molecule has 0 radical (unpaired) electrons. The number of hydrogen-bond acceptors (Lipinski definition) is 4. The minimum absolute atomic E-state index is 0. The molecule has 0 saturated heterocycles. The van der Waals surface area contributed by atoms with Gasteiger partial charge in [-0.15, -0.1) is 0 Å². The molecule has 0 amide bonds. The van der Waals surface area contributed by atoms with Crippen molar-refractivity contribution < 1.29 is 42.1 Å². The van der Waals surface area contributed by atoms with Crippen molar-refractivity contribution in [1.82, 2.24) is 0 Å². The predicted molar refractivity (Wildman–Crippen MR) is 186 cm³/mol. The summed E-state index contributed by atoms with van der Waals surface area (Å²) in [7, 11) is 0. The van der Waals surface area contributed by atoms with E-state index >= 15 is 0 Å². The van der Waals surface area contributed by atoms with E-state index in [4.69, 9.17) is 20.4 Å². The average Bonchev–Trinajstić information content (AvgIpc) is 3.08. The number of aliphatic hydroxyl groups is 4. The van der Waals surface area contributed by atoms with E-state index in [9.17, 15) is 0 Å². The van der Waals surface area contributed by atoms with Crippen LogP contribution in [0.2, 0.25) is 0 Å². The van der Waals surface area contributed by atoms with Gasteiger partial charge in [0.2, 0.25) is 0 Å². The third-order valence-electron chi connectivity index (χ3n) is 6.87. The maximum atomic E-state index is 8.54. The molecule has 4 nitrogen and oxygen atoms in total. The van der Waals surface area contributed by atoms with E-state index in [0.29, 0.717) is 26.4 Å². The van der Waals surface area contributed by atoms with Gasteiger partial charge in [0.15, 0.2) is 0 Å². The molecule has 0 aliphatic carbocycles. The van der Waals surface area contributed by atoms with Crippen LogP contribution in [0.15, 0.2) is 121 Å². The van der Waals surface area contributed by atoms with Crippen LogP contribution in [-0.4, -0.2) is 46.9 Å². The van der Waals surface area contributed by atoms with Gasteiger partial charge in [-0.3, -0.25) is 0 Å². The van der Waals surface area contributed by atoms with Gasteiger partial charge < -0.3 is 20.4 Å². The number of benzene rings is 4. The van der Waals surface area contributed by atoms with Crippen molar-refractivity contribution in [3.8, 4) is 0 Å². The van der Waals surface area contributed by atoms with Crippen molar-refractivity contribution >= 4 is 0 Å². The first-order valence-corrected chi connectivity index (χ1v) is 16.3. The molecule has 0 heterocycles. The van der Waals surface area contributed by atoms with Crippen LogP contribution < -0.4 is 0 Å². The molecule has 0 unspecified atom stereocenters. The van der Waals surface area contributed by atoms with E-state index in [0.717, 1.165) is 77.0 Å². The second-order valence-electron chi connectivity index (χ2n) is 10.7. The Labute approximate surface area is 288 Å². The van der Waals surface area contributed by atoms with Crippen LogP contribution in [0.4, 0.5) is 0 Å². The van der Waals surface area contributed by atoms with Gasteiger partial charge in [-0.1, -0.05) is 121 Å². The van der Waals surface area contributed by atoms with E-state index in [1.807, 2.05) is 72.8 Å². The number of aliphatic hydroxyl groups excluding tert-OH is 4. The molecule has 45 heavy (non-hydrogen) atoms. The summed E-state index contributed by atoms with van der Waals surface area (Å²) in [6.45, 7) is 1.25. The van der Waals surface area contributed by atoms with Crippen molar-refractivity contribution in [2.45, 2.75) is 77.0 Å². The molecule has 0 aromatic heterocycles. The van der Waals surface area contributed by atoms with Gasteiger partial charge in [0.25, 0.3) is 0 Å². The second-order valence-corrected chi connectivity index (χ2v) is 10.7. The molecular formula is C40H56O4Ti. The van der Waals surface area contributed by atoms with Crippen molar-refractivity contribution in [2.24, 2.45) is 0 Å². The molecule has 4 aromatic carbocycles. The zero-order chi connectivity index (χ0) is 31.8. The maximum Gasteiger partial charge on any atom is 0.0431 e. The Balaban J connectivity index is 0.000000569. The maximum absolute atomic E-state index is 8.54. The van der Waals surface area contributed by atoms with E-state index in [2.05, 4.69) is 48.5 Å². The van der Waals surface area contributed by atoms with Crippen molar-refractivity contribution in [3.05, 3.63) is 144 Å². The fourth-order valence-electron chi connectivity index (χ4n) is 4.34. The monoisotopic (exact) mass is 648 g/mol. The normalized spacial score (nSPS) is 9.69. The Morgan fingerprint density at radius 2 is 0.444 bits per heavy atom. The molecule has 0 fully saturated rings. The molecule has 0 atom stereocenters. The van der Waals surface area contributed by atoms with Gasteiger partial charge in [-0.25, -0.2) is 0 Å². The molecule has 244 valence electrons. The average molecular weight is 649 g/mol. The largest absolute Gasteiger partial charge is 0.396 e. The van der Waals surface area contributed by atoms with Gasteiger partial charge in [-0.2, -0.15) is 0 Å². The van der Waals surface area contributed by atoms with E-state index in [1.54, 1.807) is 0 Å². The third-order valence-corrected chi connectivity index (χ3v) is 6.87. The Kier molecular flexibility index (Phi) is 30.9. The molecule has 0 saturated carbocycles. The summed E-state index contributed by atoms with van der Waals surface area (Å²) in [5.41, 5.74) is 5.45. The first kappa shape index (κ1) is 42.4. The standard InChI is InChI=1S/4C10H14O.Ti/c4*11-9-5-4-8-10-6-2-1-3-7-10;/h4*1-3,6-7,11H,4-5,8-9H2;. The minimum atomic E-state index is 0. The second kappa shape index (κ2) is 32.8. The van der Waals surface area contributed by atoms with Crippen LogP contribution in [0.1, 0.15) is 73.6 Å². The molecule has 0 aliphatic rings. The van der Waals surface area contributed by atoms with Crippen molar-refractivity contribution in [1.29, 1.82) is 0 Å². The summed E-state index contributed by atoms with van der Waals surface area (Å²) in [5, 5.41) is 34.2. The smallest absolute Gasteiger partial charge is 0.0431 e. The fourth-order valence-corrected chi connectivity index (χ4v) is 4.34. The van der Waals surface area contributed by atoms with Crippen molar-refractivity contribution in [2.75, 3.05) is 26.4 Å². The summed E-state index contributed by atoms with van der Waals surface area (Å²) in [5.74, 6) is 0. The predicted octanol–water partition coefficient (Wildman–Crippen LogP) is 8.00. The van der Waals surface area contributed by atoms with Crippen LogP contribution in [0.3, 0.4) is 0 Å². The van der Waals surface area contributed by atoms with Crippen molar-refractivity contribution in [3.63, 3.8) is 0 Å². The van der Waals surface area contributed by atoms with E-state index in [1.165, 1.54) is 22.3 Å². The zero-order valence-corrected chi connectivity index (χ0v) is 28.7. The van der Waals surface area contributed by atoms with Crippen LogP contribution in [-0.2, 0) is 47.4 Å². The topological polar surface area (TPSA) is 80.9 Å². The molecule has 0 spiro atoms. The summed E-state index contributed by atoms with van der Waals surface area (Å²) in [4.78, 5) is 0. The van der Waals surface area contributed by atoms with Gasteiger partial charge >= 0.3 is 0 Å². The number of hydrogen-bond donors (Lipinski definition) is 4.